The lowest BCUT2D eigenvalue weighted by Gasteiger charge is -2.29. The SMILES string of the molecule is CC(C)N(C)C(=O)[C@H]1CSCN1C(=O)c1cc2c(F)cc(Br)cc2[nH]1. The van der Waals surface area contributed by atoms with Gasteiger partial charge in [0.15, 0.2) is 0 Å². The number of H-pyrrole nitrogens is 1. The molecule has 0 saturated carbocycles. The van der Waals surface area contributed by atoms with Crippen molar-refractivity contribution in [3.63, 3.8) is 0 Å². The van der Waals surface area contributed by atoms with Gasteiger partial charge >= 0.3 is 0 Å². The van der Waals surface area contributed by atoms with Crippen molar-refractivity contribution in [1.29, 1.82) is 0 Å². The Bertz CT molecular complexity index is 839. The molecule has 3 rings (SSSR count). The number of aromatic amines is 1. The number of nitrogens with one attached hydrogen (secondary N) is 1. The molecule has 1 aromatic carbocycles. The predicted molar refractivity (Wildman–Crippen MR) is 101 cm³/mol. The third-order valence-corrected chi connectivity index (χ3v) is 5.90. The number of nitrogens with zero attached hydrogens (tertiary/aromatic N) is 2. The number of carbonyl (C=O) groups is 2. The van der Waals surface area contributed by atoms with Crippen LogP contribution >= 0.6 is 27.7 Å². The summed E-state index contributed by atoms with van der Waals surface area (Å²) >= 11 is 4.79. The maximum Gasteiger partial charge on any atom is 0.271 e. The number of amides is 2. The van der Waals surface area contributed by atoms with Gasteiger partial charge in [-0.3, -0.25) is 9.59 Å². The number of fused-ring (bicyclic) bond motifs is 1. The first-order valence-electron chi connectivity index (χ1n) is 7.92. The van der Waals surface area contributed by atoms with Crippen LogP contribution in [0.5, 0.6) is 0 Å². The van der Waals surface area contributed by atoms with Crippen LogP contribution in [0, 0.1) is 5.82 Å². The highest BCUT2D eigenvalue weighted by Gasteiger charge is 2.37. The first kappa shape index (κ1) is 18.3. The minimum absolute atomic E-state index is 0.0644. The fourth-order valence-corrected chi connectivity index (χ4v) is 4.34. The summed E-state index contributed by atoms with van der Waals surface area (Å²) < 4.78 is 14.7. The molecule has 1 atom stereocenters. The van der Waals surface area contributed by atoms with E-state index in [0.717, 1.165) is 0 Å². The summed E-state index contributed by atoms with van der Waals surface area (Å²) in [7, 11) is 1.74. The zero-order chi connectivity index (χ0) is 18.3. The van der Waals surface area contributed by atoms with Crippen molar-refractivity contribution >= 4 is 50.4 Å². The number of benzene rings is 1. The Morgan fingerprint density at radius 2 is 2.12 bits per heavy atom. The molecular weight excluding hydrogens is 409 g/mol. The summed E-state index contributed by atoms with van der Waals surface area (Å²) in [4.78, 5) is 31.7. The van der Waals surface area contributed by atoms with Gasteiger partial charge < -0.3 is 14.8 Å². The number of rotatable bonds is 3. The van der Waals surface area contributed by atoms with Crippen molar-refractivity contribution in [3.8, 4) is 0 Å². The zero-order valence-electron chi connectivity index (χ0n) is 14.2. The van der Waals surface area contributed by atoms with Gasteiger partial charge in [0.2, 0.25) is 5.91 Å². The third-order valence-electron chi connectivity index (χ3n) is 4.43. The quantitative estimate of drug-likeness (QED) is 0.815. The largest absolute Gasteiger partial charge is 0.350 e. The molecule has 134 valence electrons. The molecule has 0 unspecified atom stereocenters. The van der Waals surface area contributed by atoms with E-state index in [9.17, 15) is 14.0 Å². The van der Waals surface area contributed by atoms with Crippen LogP contribution in [0.3, 0.4) is 0 Å². The fourth-order valence-electron chi connectivity index (χ4n) is 2.77. The van der Waals surface area contributed by atoms with Gasteiger partial charge in [-0.1, -0.05) is 15.9 Å². The molecule has 1 aromatic heterocycles. The smallest absolute Gasteiger partial charge is 0.271 e. The number of halogens is 2. The second-order valence-corrected chi connectivity index (χ2v) is 8.28. The van der Waals surface area contributed by atoms with Crippen molar-refractivity contribution < 1.29 is 14.0 Å². The Labute approximate surface area is 158 Å². The van der Waals surface area contributed by atoms with E-state index in [1.165, 1.54) is 12.1 Å². The van der Waals surface area contributed by atoms with Crippen molar-refractivity contribution in [2.75, 3.05) is 18.7 Å². The maximum atomic E-state index is 14.1. The van der Waals surface area contributed by atoms with E-state index in [-0.39, 0.29) is 17.9 Å². The highest BCUT2D eigenvalue weighted by Crippen LogP contribution is 2.28. The molecule has 1 fully saturated rings. The van der Waals surface area contributed by atoms with E-state index in [2.05, 4.69) is 20.9 Å². The minimum atomic E-state index is -0.493. The number of aromatic nitrogens is 1. The van der Waals surface area contributed by atoms with Gasteiger partial charge in [-0.05, 0) is 32.0 Å². The Hall–Kier alpha value is -1.54. The normalized spacial score (nSPS) is 17.5. The summed E-state index contributed by atoms with van der Waals surface area (Å²) in [6, 6.07) is 4.17. The average molecular weight is 428 g/mol. The Morgan fingerprint density at radius 3 is 2.80 bits per heavy atom. The highest BCUT2D eigenvalue weighted by molar-refractivity contribution is 9.10. The molecule has 1 N–H and O–H groups in total. The van der Waals surface area contributed by atoms with Gasteiger partial charge in [-0.25, -0.2) is 4.39 Å². The molecule has 2 amide bonds. The predicted octanol–water partition coefficient (Wildman–Crippen LogP) is 3.45. The molecule has 2 heterocycles. The molecule has 1 saturated heterocycles. The molecule has 5 nitrogen and oxygen atoms in total. The maximum absolute atomic E-state index is 14.1. The first-order valence-corrected chi connectivity index (χ1v) is 9.87. The van der Waals surface area contributed by atoms with E-state index < -0.39 is 11.9 Å². The molecule has 1 aliphatic rings. The van der Waals surface area contributed by atoms with Gasteiger partial charge in [0, 0.05) is 28.7 Å². The van der Waals surface area contributed by atoms with Crippen molar-refractivity contribution in [2.45, 2.75) is 25.9 Å². The Kier molecular flexibility index (Phi) is 5.11. The molecule has 0 radical (unpaired) electrons. The second-order valence-electron chi connectivity index (χ2n) is 6.37. The molecule has 1 aliphatic heterocycles. The van der Waals surface area contributed by atoms with Crippen LogP contribution in [-0.4, -0.2) is 57.4 Å². The van der Waals surface area contributed by atoms with Crippen LogP contribution in [0.2, 0.25) is 0 Å². The van der Waals surface area contributed by atoms with Gasteiger partial charge in [0.05, 0.1) is 11.4 Å². The first-order chi connectivity index (χ1) is 11.8. The van der Waals surface area contributed by atoms with Crippen molar-refractivity contribution in [2.24, 2.45) is 0 Å². The molecule has 0 spiro atoms. The summed E-state index contributed by atoms with van der Waals surface area (Å²) in [5.74, 6) is 0.262. The molecule has 25 heavy (non-hydrogen) atoms. The monoisotopic (exact) mass is 427 g/mol. The number of thioether (sulfide) groups is 1. The van der Waals surface area contributed by atoms with Crippen LogP contribution in [0.15, 0.2) is 22.7 Å². The lowest BCUT2D eigenvalue weighted by molar-refractivity contribution is -0.135. The zero-order valence-corrected chi connectivity index (χ0v) is 16.6. The van der Waals surface area contributed by atoms with Gasteiger partial charge in [-0.2, -0.15) is 0 Å². The lowest BCUT2D eigenvalue weighted by atomic mass is 10.2. The number of carbonyl (C=O) groups excluding carboxylic acids is 2. The van der Waals surface area contributed by atoms with Crippen LogP contribution in [0.1, 0.15) is 24.3 Å². The number of hydrogen-bond acceptors (Lipinski definition) is 3. The number of hydrogen-bond donors (Lipinski definition) is 1. The van der Waals surface area contributed by atoms with Crippen LogP contribution in [-0.2, 0) is 4.79 Å². The van der Waals surface area contributed by atoms with Crippen LogP contribution in [0.4, 0.5) is 4.39 Å². The molecular formula is C17H19BrFN3O2S. The third kappa shape index (κ3) is 3.42. The second kappa shape index (κ2) is 6.99. The van der Waals surface area contributed by atoms with Crippen LogP contribution in [0.25, 0.3) is 10.9 Å². The molecule has 0 aliphatic carbocycles. The van der Waals surface area contributed by atoms with Gasteiger partial charge in [0.1, 0.15) is 17.6 Å². The topological polar surface area (TPSA) is 56.4 Å². The summed E-state index contributed by atoms with van der Waals surface area (Å²) in [5, 5.41) is 0.362. The molecule has 2 aromatic rings. The fraction of sp³-hybridized carbons (Fsp3) is 0.412. The van der Waals surface area contributed by atoms with E-state index in [4.69, 9.17) is 0 Å². The standard InChI is InChI=1S/C17H19BrFN3O2S/c1-9(2)21(3)17(24)15-7-25-8-22(15)16(23)14-6-11-12(19)4-10(18)5-13(11)20-14/h4-6,9,15,20H,7-8H2,1-3H3/t15-/m1/s1. The van der Waals surface area contributed by atoms with Crippen molar-refractivity contribution in [1.82, 2.24) is 14.8 Å². The lowest BCUT2D eigenvalue weighted by Crippen LogP contribution is -2.49. The Balaban J connectivity index is 1.89. The van der Waals surface area contributed by atoms with E-state index in [1.807, 2.05) is 13.8 Å². The van der Waals surface area contributed by atoms with E-state index in [0.29, 0.717) is 32.7 Å². The van der Waals surface area contributed by atoms with E-state index >= 15 is 0 Å². The van der Waals surface area contributed by atoms with Gasteiger partial charge in [0.25, 0.3) is 5.91 Å². The Morgan fingerprint density at radius 1 is 1.40 bits per heavy atom. The number of likely N-dealkylation sites (N-methyl/N-ethyl adjacent to an activating group) is 1. The van der Waals surface area contributed by atoms with Crippen LogP contribution < -0.4 is 0 Å². The average Bonchev–Trinajstić information content (AvgIpc) is 3.19. The summed E-state index contributed by atoms with van der Waals surface area (Å²) in [6.45, 7) is 3.87. The van der Waals surface area contributed by atoms with E-state index in [1.54, 1.807) is 34.7 Å². The van der Waals surface area contributed by atoms with Crippen molar-refractivity contribution in [3.05, 3.63) is 34.2 Å². The molecule has 0 bridgehead atoms. The summed E-state index contributed by atoms with van der Waals surface area (Å²) in [6.07, 6.45) is 0. The van der Waals surface area contributed by atoms with Gasteiger partial charge in [-0.15, -0.1) is 11.8 Å². The highest BCUT2D eigenvalue weighted by atomic mass is 79.9. The minimum Gasteiger partial charge on any atom is -0.350 e. The summed E-state index contributed by atoms with van der Waals surface area (Å²) in [5.41, 5.74) is 0.837. The molecule has 8 heteroatoms.